The van der Waals surface area contributed by atoms with Gasteiger partial charge in [0.25, 0.3) is 5.91 Å². The summed E-state index contributed by atoms with van der Waals surface area (Å²) >= 11 is 1.26. The quantitative estimate of drug-likeness (QED) is 0.281. The molecule has 6 nitrogen and oxygen atoms in total. The van der Waals surface area contributed by atoms with Crippen LogP contribution in [-0.4, -0.2) is 24.2 Å². The van der Waals surface area contributed by atoms with Gasteiger partial charge in [0.1, 0.15) is 22.4 Å². The van der Waals surface area contributed by atoms with Gasteiger partial charge in [0.2, 0.25) is 5.91 Å². The Kier molecular flexibility index (Phi) is 8.23. The number of amides is 2. The summed E-state index contributed by atoms with van der Waals surface area (Å²) in [5.74, 6) is 0.0647. The van der Waals surface area contributed by atoms with Crippen molar-refractivity contribution in [3.05, 3.63) is 99.6 Å². The molecule has 1 fully saturated rings. The molecule has 0 aliphatic carbocycles. The number of para-hydroxylation sites is 2. The first kappa shape index (κ1) is 27.0. The minimum Gasteiger partial charge on any atom is -0.495 e. The van der Waals surface area contributed by atoms with Crippen molar-refractivity contribution in [3.8, 4) is 11.8 Å². The number of nitrogens with one attached hydrogen (secondary N) is 1. The van der Waals surface area contributed by atoms with Crippen molar-refractivity contribution in [2.75, 3.05) is 17.3 Å². The summed E-state index contributed by atoms with van der Waals surface area (Å²) in [6.07, 6.45) is 0.488. The number of aryl methyl sites for hydroxylation is 2. The number of nitriles is 1. The molecule has 7 heteroatoms. The summed E-state index contributed by atoms with van der Waals surface area (Å²) in [7, 11) is 1.51. The van der Waals surface area contributed by atoms with E-state index in [-0.39, 0.29) is 11.5 Å². The molecular weight excluding hydrogens is 494 g/mol. The third-order valence-corrected chi connectivity index (χ3v) is 7.93. The van der Waals surface area contributed by atoms with Crippen LogP contribution in [0.3, 0.4) is 0 Å². The number of carbonyl (C=O) groups is 2. The van der Waals surface area contributed by atoms with Crippen LogP contribution in [0.5, 0.6) is 5.75 Å². The molecule has 1 unspecified atom stereocenters. The molecule has 0 aromatic heterocycles. The van der Waals surface area contributed by atoms with Crippen molar-refractivity contribution >= 4 is 35.0 Å². The van der Waals surface area contributed by atoms with Crippen LogP contribution >= 0.6 is 11.8 Å². The van der Waals surface area contributed by atoms with E-state index in [2.05, 4.69) is 44.3 Å². The molecule has 1 atom stereocenters. The number of nitrogens with zero attached hydrogens (tertiary/aromatic N) is 2. The van der Waals surface area contributed by atoms with Gasteiger partial charge in [-0.1, -0.05) is 68.1 Å². The summed E-state index contributed by atoms with van der Waals surface area (Å²) in [6.45, 7) is 8.31. The third kappa shape index (κ3) is 5.61. The van der Waals surface area contributed by atoms with Crippen LogP contribution in [0.25, 0.3) is 0 Å². The maximum Gasteiger partial charge on any atom is 0.269 e. The number of anilines is 2. The second-order valence-corrected chi connectivity index (χ2v) is 10.8. The Balaban J connectivity index is 1.74. The van der Waals surface area contributed by atoms with E-state index < -0.39 is 11.2 Å². The monoisotopic (exact) mass is 525 g/mol. The summed E-state index contributed by atoms with van der Waals surface area (Å²) in [6, 6.07) is 22.9. The summed E-state index contributed by atoms with van der Waals surface area (Å²) in [5.41, 5.74) is 5.47. The SMILES string of the molecule is COc1ccccc1NC(=O)/C(C#N)=C1\SC(Cc2ccc(C)c(C)c2)C(=O)N1c1ccc(C(C)C)cc1. The zero-order chi connectivity index (χ0) is 27.4. The molecule has 1 saturated heterocycles. The second kappa shape index (κ2) is 11.6. The van der Waals surface area contributed by atoms with Crippen molar-refractivity contribution in [2.24, 2.45) is 0 Å². The Labute approximate surface area is 228 Å². The van der Waals surface area contributed by atoms with Crippen LogP contribution in [0.1, 0.15) is 42.0 Å². The fraction of sp³-hybridized carbons (Fsp3) is 0.258. The molecule has 1 heterocycles. The van der Waals surface area contributed by atoms with E-state index in [1.165, 1.54) is 29.3 Å². The van der Waals surface area contributed by atoms with Crippen molar-refractivity contribution < 1.29 is 14.3 Å². The van der Waals surface area contributed by atoms with E-state index in [4.69, 9.17) is 4.74 Å². The normalized spacial score (nSPS) is 16.4. The Morgan fingerprint density at radius 1 is 1.08 bits per heavy atom. The van der Waals surface area contributed by atoms with E-state index in [1.807, 2.05) is 37.3 Å². The maximum absolute atomic E-state index is 13.8. The van der Waals surface area contributed by atoms with Crippen LogP contribution in [0.4, 0.5) is 11.4 Å². The molecule has 4 rings (SSSR count). The van der Waals surface area contributed by atoms with Gasteiger partial charge >= 0.3 is 0 Å². The Morgan fingerprint density at radius 2 is 1.79 bits per heavy atom. The average molecular weight is 526 g/mol. The highest BCUT2D eigenvalue weighted by molar-refractivity contribution is 8.05. The lowest BCUT2D eigenvalue weighted by Crippen LogP contribution is -2.31. The van der Waals surface area contributed by atoms with Crippen LogP contribution < -0.4 is 15.0 Å². The highest BCUT2D eigenvalue weighted by Crippen LogP contribution is 2.42. The topological polar surface area (TPSA) is 82.4 Å². The first-order valence-electron chi connectivity index (χ1n) is 12.5. The van der Waals surface area contributed by atoms with E-state index in [0.717, 1.165) is 16.7 Å². The lowest BCUT2D eigenvalue weighted by atomic mass is 10.0. The number of hydrogen-bond acceptors (Lipinski definition) is 5. The average Bonchev–Trinajstić information content (AvgIpc) is 3.22. The summed E-state index contributed by atoms with van der Waals surface area (Å²) in [4.78, 5) is 28.7. The van der Waals surface area contributed by atoms with Gasteiger partial charge in [0.15, 0.2) is 0 Å². The highest BCUT2D eigenvalue weighted by atomic mass is 32.2. The molecule has 0 bridgehead atoms. The Hall–Kier alpha value is -4.02. The summed E-state index contributed by atoms with van der Waals surface area (Å²) in [5, 5.41) is 12.8. The van der Waals surface area contributed by atoms with Crippen molar-refractivity contribution in [1.29, 1.82) is 5.26 Å². The number of carbonyl (C=O) groups excluding carboxylic acids is 2. The van der Waals surface area contributed by atoms with Gasteiger partial charge in [0.05, 0.1) is 18.0 Å². The zero-order valence-electron chi connectivity index (χ0n) is 22.2. The lowest BCUT2D eigenvalue weighted by Gasteiger charge is -2.20. The molecule has 38 heavy (non-hydrogen) atoms. The minimum atomic E-state index is -0.595. The van der Waals surface area contributed by atoms with E-state index in [9.17, 15) is 14.9 Å². The van der Waals surface area contributed by atoms with Crippen molar-refractivity contribution in [2.45, 2.75) is 45.3 Å². The number of hydrogen-bond donors (Lipinski definition) is 1. The van der Waals surface area contributed by atoms with Gasteiger partial charge in [-0.15, -0.1) is 0 Å². The van der Waals surface area contributed by atoms with Gasteiger partial charge in [-0.2, -0.15) is 5.26 Å². The van der Waals surface area contributed by atoms with Crippen LogP contribution in [-0.2, 0) is 16.0 Å². The minimum absolute atomic E-state index is 0.121. The predicted molar refractivity (Wildman–Crippen MR) is 153 cm³/mol. The first-order valence-corrected chi connectivity index (χ1v) is 13.4. The smallest absolute Gasteiger partial charge is 0.269 e. The number of thioether (sulfide) groups is 1. The molecule has 3 aromatic rings. The Bertz CT molecular complexity index is 1440. The van der Waals surface area contributed by atoms with E-state index in [1.54, 1.807) is 24.3 Å². The third-order valence-electron chi connectivity index (χ3n) is 6.67. The Morgan fingerprint density at radius 3 is 2.42 bits per heavy atom. The molecule has 0 radical (unpaired) electrons. The van der Waals surface area contributed by atoms with Gasteiger partial charge in [0, 0.05) is 5.69 Å². The molecule has 1 aliphatic heterocycles. The van der Waals surface area contributed by atoms with Crippen LogP contribution in [0, 0.1) is 25.2 Å². The molecule has 2 amide bonds. The fourth-order valence-corrected chi connectivity index (χ4v) is 5.62. The standard InChI is InChI=1S/C31H31N3O3S/c1-19(2)23-12-14-24(15-13-23)34-30(36)28(17-22-11-10-20(3)21(4)16-22)38-31(34)25(18-32)29(35)33-26-8-6-7-9-27(26)37-5/h6-16,19,28H,17H2,1-5H3,(H,33,35)/b31-25-. The molecule has 0 saturated carbocycles. The highest BCUT2D eigenvalue weighted by Gasteiger charge is 2.41. The number of methoxy groups -OCH3 is 1. The lowest BCUT2D eigenvalue weighted by molar-refractivity contribution is -0.117. The van der Waals surface area contributed by atoms with Crippen molar-refractivity contribution in [1.82, 2.24) is 0 Å². The maximum atomic E-state index is 13.8. The van der Waals surface area contributed by atoms with Gasteiger partial charge in [-0.05, 0) is 72.7 Å². The molecule has 0 spiro atoms. The zero-order valence-corrected chi connectivity index (χ0v) is 23.1. The number of rotatable bonds is 7. The molecule has 3 aromatic carbocycles. The fourth-order valence-electron chi connectivity index (χ4n) is 4.31. The van der Waals surface area contributed by atoms with Gasteiger partial charge < -0.3 is 10.1 Å². The van der Waals surface area contributed by atoms with Gasteiger partial charge in [-0.25, -0.2) is 0 Å². The van der Waals surface area contributed by atoms with Gasteiger partial charge in [-0.3, -0.25) is 14.5 Å². The molecule has 1 aliphatic rings. The second-order valence-electron chi connectivity index (χ2n) is 9.60. The largest absolute Gasteiger partial charge is 0.495 e. The predicted octanol–water partition coefficient (Wildman–Crippen LogP) is 6.50. The van der Waals surface area contributed by atoms with E-state index >= 15 is 0 Å². The van der Waals surface area contributed by atoms with E-state index in [0.29, 0.717) is 34.5 Å². The molecular formula is C31H31N3O3S. The van der Waals surface area contributed by atoms with Crippen LogP contribution in [0.2, 0.25) is 0 Å². The molecule has 194 valence electrons. The first-order chi connectivity index (χ1) is 18.2. The van der Waals surface area contributed by atoms with Crippen molar-refractivity contribution in [3.63, 3.8) is 0 Å². The molecule has 1 N–H and O–H groups in total. The van der Waals surface area contributed by atoms with Crippen LogP contribution in [0.15, 0.2) is 77.3 Å². The number of ether oxygens (including phenoxy) is 1. The number of benzene rings is 3. The summed E-state index contributed by atoms with van der Waals surface area (Å²) < 4.78 is 5.34.